The van der Waals surface area contributed by atoms with Crippen LogP contribution in [0.1, 0.15) is 25.0 Å². The summed E-state index contributed by atoms with van der Waals surface area (Å²) in [6, 6.07) is 106. The zero-order valence-electron chi connectivity index (χ0n) is 55.3. The fraction of sp³-hybridized carbons (Fsp3) is 0.0323. The average molecular weight is 1310 g/mol. The Morgan fingerprint density at radius 1 is 0.225 bits per heavy atom. The maximum atomic E-state index is 6.41. The molecule has 0 bridgehead atoms. The van der Waals surface area contributed by atoms with Crippen LogP contribution in [0.3, 0.4) is 0 Å². The molecular weight excluding hydrogens is 1250 g/mol. The number of benzene rings is 16. The Hall–Kier alpha value is -13.5. The molecule has 0 aliphatic heterocycles. The van der Waals surface area contributed by atoms with Crippen LogP contribution >= 0.6 is 0 Å². The third-order valence-corrected chi connectivity index (χ3v) is 21.0. The van der Waals surface area contributed by atoms with Gasteiger partial charge in [-0.2, -0.15) is 0 Å². The molecule has 476 valence electrons. The molecule has 0 radical (unpaired) electrons. The average Bonchev–Trinajstić information content (AvgIpc) is 1.46. The van der Waals surface area contributed by atoms with E-state index in [4.69, 9.17) is 43.2 Å². The number of fused-ring (bicyclic) bond motifs is 24. The summed E-state index contributed by atoms with van der Waals surface area (Å²) in [7, 11) is 0. The van der Waals surface area contributed by atoms with Crippen LogP contribution in [-0.4, -0.2) is 29.9 Å². The maximum absolute atomic E-state index is 6.41. The number of furan rings is 3. The molecule has 102 heavy (non-hydrogen) atoms. The van der Waals surface area contributed by atoms with Crippen LogP contribution in [-0.2, 0) is 5.41 Å². The molecule has 0 unspecified atom stereocenters. The van der Waals surface area contributed by atoms with Crippen LogP contribution in [0.15, 0.2) is 317 Å². The van der Waals surface area contributed by atoms with Crippen LogP contribution in [0.4, 0.5) is 0 Å². The molecule has 9 heteroatoms. The van der Waals surface area contributed by atoms with Crippen molar-refractivity contribution in [3.63, 3.8) is 0 Å². The quantitative estimate of drug-likeness (QED) is 0.150. The summed E-state index contributed by atoms with van der Waals surface area (Å²) in [4.78, 5) is 30.2. The van der Waals surface area contributed by atoms with Gasteiger partial charge in [-0.25, -0.2) is 29.9 Å². The van der Waals surface area contributed by atoms with Gasteiger partial charge in [0.15, 0.2) is 34.9 Å². The lowest BCUT2D eigenvalue weighted by Gasteiger charge is -2.23. The largest absolute Gasteiger partial charge is 0.456 e. The minimum atomic E-state index is -0.0847. The van der Waals surface area contributed by atoms with E-state index in [1.165, 1.54) is 70.7 Å². The first kappa shape index (κ1) is 57.6. The van der Waals surface area contributed by atoms with Crippen molar-refractivity contribution in [1.82, 2.24) is 29.9 Å². The second kappa shape index (κ2) is 22.3. The Bertz CT molecular complexity index is 7110. The highest BCUT2D eigenvalue weighted by Gasteiger charge is 2.37. The summed E-state index contributed by atoms with van der Waals surface area (Å²) in [5.41, 5.74) is 16.0. The summed E-state index contributed by atoms with van der Waals surface area (Å²) in [6.07, 6.45) is 0. The highest BCUT2D eigenvalue weighted by atomic mass is 16.3. The van der Waals surface area contributed by atoms with Gasteiger partial charge >= 0.3 is 0 Å². The monoisotopic (exact) mass is 1300 g/mol. The zero-order valence-corrected chi connectivity index (χ0v) is 55.3. The minimum absolute atomic E-state index is 0.0847. The van der Waals surface area contributed by atoms with Crippen LogP contribution < -0.4 is 0 Å². The highest BCUT2D eigenvalue weighted by Crippen LogP contribution is 2.53. The second-order valence-electron chi connectivity index (χ2n) is 27.2. The van der Waals surface area contributed by atoms with Gasteiger partial charge in [-0.1, -0.05) is 250 Å². The number of nitrogens with zero attached hydrogens (tertiary/aromatic N) is 6. The van der Waals surface area contributed by atoms with E-state index in [1.54, 1.807) is 0 Å². The van der Waals surface area contributed by atoms with Crippen LogP contribution in [0.5, 0.6) is 0 Å². The molecule has 5 aromatic heterocycles. The lowest BCUT2D eigenvalue weighted by molar-refractivity contribution is 0.666. The van der Waals surface area contributed by atoms with Crippen LogP contribution in [0, 0.1) is 0 Å². The van der Waals surface area contributed by atoms with Gasteiger partial charge in [0, 0.05) is 76.5 Å². The lowest BCUT2D eigenvalue weighted by Crippen LogP contribution is -2.15. The summed E-state index contributed by atoms with van der Waals surface area (Å²) in [5.74, 6) is 3.69. The van der Waals surface area contributed by atoms with Crippen molar-refractivity contribution in [2.75, 3.05) is 0 Å². The van der Waals surface area contributed by atoms with E-state index >= 15 is 0 Å². The molecule has 21 aromatic rings. The van der Waals surface area contributed by atoms with Gasteiger partial charge in [-0.15, -0.1) is 0 Å². The fourth-order valence-electron chi connectivity index (χ4n) is 16.1. The molecule has 0 fully saturated rings. The normalized spacial score (nSPS) is 12.7. The van der Waals surface area contributed by atoms with Crippen molar-refractivity contribution in [2.24, 2.45) is 0 Å². The van der Waals surface area contributed by atoms with Crippen molar-refractivity contribution in [3.8, 4) is 79.5 Å². The van der Waals surface area contributed by atoms with Gasteiger partial charge in [0.05, 0.1) is 0 Å². The predicted molar refractivity (Wildman–Crippen MR) is 417 cm³/mol. The van der Waals surface area contributed by atoms with Crippen LogP contribution in [0.2, 0.25) is 0 Å². The van der Waals surface area contributed by atoms with E-state index in [1.807, 2.05) is 121 Å². The summed E-state index contributed by atoms with van der Waals surface area (Å²) in [6.45, 7) is 4.72. The van der Waals surface area contributed by atoms with Gasteiger partial charge in [-0.3, -0.25) is 0 Å². The number of hydrogen-bond acceptors (Lipinski definition) is 9. The molecule has 16 aromatic carbocycles. The molecule has 9 nitrogen and oxygen atoms in total. The third-order valence-electron chi connectivity index (χ3n) is 21.0. The molecule has 0 spiro atoms. The van der Waals surface area contributed by atoms with E-state index in [9.17, 15) is 0 Å². The number of para-hydroxylation sites is 3. The third kappa shape index (κ3) is 9.04. The Labute approximate surface area is 583 Å². The minimum Gasteiger partial charge on any atom is -0.456 e. The van der Waals surface area contributed by atoms with Crippen molar-refractivity contribution < 1.29 is 13.3 Å². The standard InChI is InChI=1S/C48H31N3O.C45H25N3O2/c1-48(2)40-14-8-6-12-34(40)38-25-24-37-39(44(38)48)23-18-28-16-17-30-26-31(19-21-33(30)43(28)37)46-49-45(29-10-4-3-5-11-29)50-47(51-46)32-20-22-36-35-13-7-9-15-41(35)52-42(36)27-32;1-2-8-27(9-3-1)43-46-44(48-45(47-43)30-18-20-34-32-10-4-6-12-38(32)49-40(34)25-30)29-17-19-31-28(24-29)15-14-26-16-21-37-35(41(26)31)22-23-36-33-11-5-7-13-39(33)50-42(36)37/h3-27H,1-2H3;1-25H. The van der Waals surface area contributed by atoms with Gasteiger partial charge in [0.2, 0.25) is 0 Å². The van der Waals surface area contributed by atoms with Crippen molar-refractivity contribution in [1.29, 1.82) is 0 Å². The molecule has 1 aliphatic rings. The molecule has 5 heterocycles. The maximum Gasteiger partial charge on any atom is 0.164 e. The van der Waals surface area contributed by atoms with Gasteiger partial charge < -0.3 is 13.3 Å². The number of hydrogen-bond donors (Lipinski definition) is 0. The summed E-state index contributed by atoms with van der Waals surface area (Å²) >= 11 is 0. The zero-order chi connectivity index (χ0) is 67.3. The first-order valence-corrected chi connectivity index (χ1v) is 34.5. The van der Waals surface area contributed by atoms with Crippen molar-refractivity contribution in [3.05, 3.63) is 314 Å². The van der Waals surface area contributed by atoms with E-state index in [0.717, 1.165) is 115 Å². The Morgan fingerprint density at radius 2 is 0.569 bits per heavy atom. The molecule has 0 amide bonds. The van der Waals surface area contributed by atoms with Gasteiger partial charge in [-0.05, 0) is 148 Å². The lowest BCUT2D eigenvalue weighted by atomic mass is 9.79. The summed E-state index contributed by atoms with van der Waals surface area (Å²) < 4.78 is 18.9. The molecule has 0 atom stereocenters. The second-order valence-corrected chi connectivity index (χ2v) is 27.2. The smallest absolute Gasteiger partial charge is 0.164 e. The van der Waals surface area contributed by atoms with Gasteiger partial charge in [0.1, 0.15) is 33.5 Å². The molecule has 0 N–H and O–H groups in total. The first-order chi connectivity index (χ1) is 50.3. The Kier molecular flexibility index (Phi) is 12.6. The molecule has 1 aliphatic carbocycles. The van der Waals surface area contributed by atoms with E-state index < -0.39 is 0 Å². The van der Waals surface area contributed by atoms with E-state index in [0.29, 0.717) is 34.9 Å². The number of rotatable bonds is 6. The fourth-order valence-corrected chi connectivity index (χ4v) is 16.1. The number of aromatic nitrogens is 6. The van der Waals surface area contributed by atoms with Crippen molar-refractivity contribution in [2.45, 2.75) is 19.3 Å². The SMILES string of the molecule is CC1(C)c2ccccc2-c2ccc3c(ccc4ccc5cc(-c6nc(-c7ccccc7)nc(-c7ccc8c(c7)oc7ccccc78)n6)ccc5c43)c21.c1ccc(-c2nc(-c3ccc4c(ccc5ccc6c(ccc7c8ccccc8oc76)c54)c3)nc(-c3ccc4c(c3)oc3ccccc34)n2)cc1. The molecule has 0 saturated carbocycles. The van der Waals surface area contributed by atoms with E-state index in [2.05, 4.69) is 196 Å². The molecule has 0 saturated heterocycles. The first-order valence-electron chi connectivity index (χ1n) is 34.5. The Morgan fingerprint density at radius 3 is 1.10 bits per heavy atom. The van der Waals surface area contributed by atoms with Crippen LogP contribution in [0.25, 0.3) is 210 Å². The molecule has 22 rings (SSSR count). The topological polar surface area (TPSA) is 117 Å². The molecular formula is C93H56N6O3. The van der Waals surface area contributed by atoms with Crippen molar-refractivity contribution >= 4 is 130 Å². The highest BCUT2D eigenvalue weighted by molar-refractivity contribution is 6.27. The van der Waals surface area contributed by atoms with Gasteiger partial charge in [0.25, 0.3) is 0 Å². The Balaban J connectivity index is 0.000000133. The summed E-state index contributed by atoms with van der Waals surface area (Å²) in [5, 5.41) is 21.0. The van der Waals surface area contributed by atoms with E-state index in [-0.39, 0.29) is 5.41 Å². The predicted octanol–water partition coefficient (Wildman–Crippen LogP) is 24.7.